The van der Waals surface area contributed by atoms with Crippen LogP contribution in [-0.4, -0.2) is 41.9 Å². The van der Waals surface area contributed by atoms with Gasteiger partial charge in [-0.15, -0.1) is 0 Å². The van der Waals surface area contributed by atoms with Crippen molar-refractivity contribution >= 4 is 37.4 Å². The van der Waals surface area contributed by atoms with Crippen molar-refractivity contribution < 1.29 is 8.85 Å². The Morgan fingerprint density at radius 3 is 0.935 bits per heavy atom. The van der Waals surface area contributed by atoms with Gasteiger partial charge in [0.15, 0.2) is 0 Å². The molecule has 8 nitrogen and oxygen atoms in total. The van der Waals surface area contributed by atoms with Gasteiger partial charge in [0.2, 0.25) is 0 Å². The second-order valence-corrected chi connectivity index (χ2v) is 22.1. The lowest BCUT2D eigenvalue weighted by Gasteiger charge is -2.44. The summed E-state index contributed by atoms with van der Waals surface area (Å²) in [5.74, 6) is 0. The molecule has 0 amide bonds. The molecule has 0 fully saturated rings. The van der Waals surface area contributed by atoms with Crippen molar-refractivity contribution in [3.05, 3.63) is 142 Å². The molecule has 0 bridgehead atoms. The van der Waals surface area contributed by atoms with Gasteiger partial charge < -0.3 is 8.85 Å². The van der Waals surface area contributed by atoms with E-state index >= 15 is 0 Å². The van der Waals surface area contributed by atoms with E-state index in [1.165, 1.54) is 0 Å². The molecular formula is C36H44N6O2Si2. The van der Waals surface area contributed by atoms with Crippen molar-refractivity contribution in [2.24, 2.45) is 10.2 Å². The first-order chi connectivity index (χ1) is 22.0. The average molecular weight is 649 g/mol. The summed E-state index contributed by atoms with van der Waals surface area (Å²) in [7, 11) is -5.91. The lowest BCUT2D eigenvalue weighted by Crippen LogP contribution is -2.68. The van der Waals surface area contributed by atoms with Crippen molar-refractivity contribution in [3.8, 4) is 0 Å². The van der Waals surface area contributed by atoms with Crippen LogP contribution in [0, 0.1) is 0 Å². The molecule has 238 valence electrons. The Balaban J connectivity index is 1.77. The Bertz CT molecular complexity index is 1430. The fraction of sp³-hybridized carbons (Fsp3) is 0.333. The van der Waals surface area contributed by atoms with Gasteiger partial charge in [-0.2, -0.15) is 0 Å². The molecule has 0 N–H and O–H groups in total. The average Bonchev–Trinajstić information content (AvgIpc) is 3.05. The van der Waals surface area contributed by atoms with Gasteiger partial charge in [-0.3, -0.25) is 0 Å². The third-order valence-electron chi connectivity index (χ3n) is 8.62. The van der Waals surface area contributed by atoms with Gasteiger partial charge >= 0.3 is 0 Å². The Morgan fingerprint density at radius 2 is 0.739 bits per heavy atom. The second-order valence-electron chi connectivity index (χ2n) is 13.5. The second kappa shape index (κ2) is 15.0. The van der Waals surface area contributed by atoms with Crippen LogP contribution in [-0.2, 0) is 8.85 Å². The summed E-state index contributed by atoms with van der Waals surface area (Å²) >= 11 is 0. The zero-order valence-electron chi connectivity index (χ0n) is 27.6. The minimum Gasteiger partial charge on any atom is -0.407 e. The molecule has 0 saturated heterocycles. The fourth-order valence-corrected chi connectivity index (χ4v) is 15.7. The lowest BCUT2D eigenvalue weighted by molar-refractivity contribution is 0.209. The van der Waals surface area contributed by atoms with Crippen LogP contribution in [0.5, 0.6) is 0 Å². The minimum atomic E-state index is -2.95. The minimum absolute atomic E-state index is 0.0606. The SMILES string of the molecule is CC(C)(C)[Si](OC[C@@H](N=[N+]=[N-])[C@@H](CO[Si](c1ccccc1)(c1ccccc1)C(C)(C)C)N=[N+]=[N-])(c1ccccc1)c1ccccc1. The van der Waals surface area contributed by atoms with Crippen LogP contribution in [0.15, 0.2) is 132 Å². The standard InChI is InChI=1S/C36H44N6O2Si2/c1-35(2,3)45(29-19-11-7-12-20-29,30-21-13-8-14-22-30)43-27-33(39-41-37)34(40-42-38)28-44-46(36(4,5)6,31-23-15-9-16-24-31)32-25-17-10-18-26-32/h7-26,33-34H,27-28H2,1-6H3/t33-,34-/m1/s1. The van der Waals surface area contributed by atoms with Crippen LogP contribution in [0.1, 0.15) is 41.5 Å². The molecule has 10 heteroatoms. The van der Waals surface area contributed by atoms with Crippen molar-refractivity contribution in [1.82, 2.24) is 0 Å². The highest BCUT2D eigenvalue weighted by Gasteiger charge is 2.52. The highest BCUT2D eigenvalue weighted by molar-refractivity contribution is 7.00. The maximum absolute atomic E-state index is 9.74. The monoisotopic (exact) mass is 648 g/mol. The molecule has 0 spiro atoms. The van der Waals surface area contributed by atoms with Gasteiger partial charge in [0.25, 0.3) is 16.6 Å². The molecule has 0 heterocycles. The van der Waals surface area contributed by atoms with Crippen molar-refractivity contribution in [2.45, 2.75) is 63.7 Å². The number of benzene rings is 4. The van der Waals surface area contributed by atoms with Gasteiger partial charge in [0.1, 0.15) is 0 Å². The summed E-state index contributed by atoms with van der Waals surface area (Å²) in [5.41, 5.74) is 19.5. The van der Waals surface area contributed by atoms with Gasteiger partial charge in [-0.25, -0.2) is 0 Å². The largest absolute Gasteiger partial charge is 0.407 e. The Morgan fingerprint density at radius 1 is 0.500 bits per heavy atom. The molecule has 4 rings (SSSR count). The highest BCUT2D eigenvalue weighted by atomic mass is 28.4. The van der Waals surface area contributed by atoms with E-state index in [1.807, 2.05) is 72.8 Å². The zero-order chi connectivity index (χ0) is 33.3. The summed E-state index contributed by atoms with van der Waals surface area (Å²) in [6, 6.07) is 39.5. The molecule has 0 aliphatic rings. The molecule has 0 saturated carbocycles. The van der Waals surface area contributed by atoms with Gasteiger partial charge in [0.05, 0.1) is 12.1 Å². The smallest absolute Gasteiger partial charge is 0.261 e. The quantitative estimate of drug-likeness (QED) is 0.0646. The summed E-state index contributed by atoms with van der Waals surface area (Å²) in [6.07, 6.45) is 0. The maximum atomic E-state index is 9.74. The summed E-state index contributed by atoms with van der Waals surface area (Å²) in [4.78, 5) is 6.38. The topological polar surface area (TPSA) is 116 Å². The summed E-state index contributed by atoms with van der Waals surface area (Å²) < 4.78 is 14.2. The zero-order valence-corrected chi connectivity index (χ0v) is 29.6. The number of rotatable bonds is 13. The molecule has 0 aliphatic heterocycles. The molecule has 0 unspecified atom stereocenters. The number of nitrogens with zero attached hydrogens (tertiary/aromatic N) is 6. The molecule has 4 aromatic rings. The van der Waals surface area contributed by atoms with Crippen LogP contribution in [0.25, 0.3) is 20.9 Å². The third-order valence-corrected chi connectivity index (χ3v) is 18.6. The summed E-state index contributed by atoms with van der Waals surface area (Å²) in [5, 5.41) is 12.2. The maximum Gasteiger partial charge on any atom is 0.261 e. The molecule has 4 aromatic carbocycles. The molecule has 0 aromatic heterocycles. The van der Waals surface area contributed by atoms with Crippen molar-refractivity contribution in [3.63, 3.8) is 0 Å². The van der Waals surface area contributed by atoms with E-state index < -0.39 is 28.7 Å². The summed E-state index contributed by atoms with van der Waals surface area (Å²) in [6.45, 7) is 13.3. The van der Waals surface area contributed by atoms with E-state index in [0.717, 1.165) is 20.7 Å². The molecule has 46 heavy (non-hydrogen) atoms. The first-order valence-electron chi connectivity index (χ1n) is 15.6. The van der Waals surface area contributed by atoms with Gasteiger partial charge in [-0.05, 0) is 41.9 Å². The fourth-order valence-electron chi connectivity index (χ4n) is 6.52. The molecular weight excluding hydrogens is 605 g/mol. The van der Waals surface area contributed by atoms with Crippen molar-refractivity contribution in [1.29, 1.82) is 0 Å². The van der Waals surface area contributed by atoms with Gasteiger partial charge in [-0.1, -0.05) is 173 Å². The van der Waals surface area contributed by atoms with Crippen LogP contribution >= 0.6 is 0 Å². The molecule has 2 atom stereocenters. The Kier molecular flexibility index (Phi) is 11.3. The van der Waals surface area contributed by atoms with E-state index in [9.17, 15) is 11.1 Å². The van der Waals surface area contributed by atoms with Crippen molar-refractivity contribution in [2.75, 3.05) is 13.2 Å². The van der Waals surface area contributed by atoms with Crippen LogP contribution in [0.4, 0.5) is 0 Å². The molecule has 0 radical (unpaired) electrons. The van der Waals surface area contributed by atoms with E-state index in [1.54, 1.807) is 0 Å². The van der Waals surface area contributed by atoms with Crippen LogP contribution in [0.3, 0.4) is 0 Å². The van der Waals surface area contributed by atoms with E-state index in [0.29, 0.717) is 0 Å². The first-order valence-corrected chi connectivity index (χ1v) is 19.4. The lowest BCUT2D eigenvalue weighted by atomic mass is 10.2. The third kappa shape index (κ3) is 7.13. The Hall–Kier alpha value is -4.15. The predicted octanol–water partition coefficient (Wildman–Crippen LogP) is 7.50. The van der Waals surface area contributed by atoms with Crippen LogP contribution < -0.4 is 20.7 Å². The number of hydrogen-bond acceptors (Lipinski definition) is 4. The molecule has 0 aliphatic carbocycles. The number of azide groups is 2. The number of hydrogen-bond donors (Lipinski definition) is 0. The van der Waals surface area contributed by atoms with Gasteiger partial charge in [0, 0.05) is 23.0 Å². The Labute approximate surface area is 274 Å². The first kappa shape index (κ1) is 34.7. The van der Waals surface area contributed by atoms with Crippen LogP contribution in [0.2, 0.25) is 10.1 Å². The van der Waals surface area contributed by atoms with E-state index in [-0.39, 0.29) is 23.3 Å². The highest BCUT2D eigenvalue weighted by Crippen LogP contribution is 2.38. The normalized spacial score (nSPS) is 13.6. The van der Waals surface area contributed by atoms with E-state index in [2.05, 4.69) is 110 Å². The van der Waals surface area contributed by atoms with E-state index in [4.69, 9.17) is 8.85 Å². The predicted molar refractivity (Wildman–Crippen MR) is 193 cm³/mol.